The third kappa shape index (κ3) is 4.89. The van der Waals surface area contributed by atoms with E-state index in [1.807, 2.05) is 0 Å². The maximum atomic E-state index is 15.0. The third-order valence-corrected chi connectivity index (χ3v) is 6.72. The molecule has 0 spiro atoms. The van der Waals surface area contributed by atoms with Gasteiger partial charge in [-0.25, -0.2) is 23.1 Å². The Hall–Kier alpha value is -3.76. The van der Waals surface area contributed by atoms with Crippen molar-refractivity contribution < 1.29 is 17.9 Å². The molecule has 1 unspecified atom stereocenters. The molecule has 0 N–H and O–H groups in total. The van der Waals surface area contributed by atoms with E-state index in [9.17, 15) is 18.4 Å². The van der Waals surface area contributed by atoms with Gasteiger partial charge in [0.05, 0.1) is 18.8 Å². The van der Waals surface area contributed by atoms with Crippen LogP contribution in [0.1, 0.15) is 35.0 Å². The van der Waals surface area contributed by atoms with Gasteiger partial charge in [0.25, 0.3) is 17.5 Å². The Labute approximate surface area is 219 Å². The first-order valence-corrected chi connectivity index (χ1v) is 12.2. The molecule has 4 heterocycles. The highest BCUT2D eigenvalue weighted by atomic mass is 35.5. The largest absolute Gasteiger partial charge is 0.369 e. The van der Waals surface area contributed by atoms with Crippen molar-refractivity contribution in [3.8, 4) is 11.3 Å². The van der Waals surface area contributed by atoms with Crippen LogP contribution in [-0.4, -0.2) is 32.0 Å². The molecule has 3 aromatic heterocycles. The number of fused-ring (bicyclic) bond motifs is 1. The number of pyridine rings is 1. The number of benzene rings is 1. The number of alkyl halides is 2. The number of hydrogen-bond acceptors (Lipinski definition) is 5. The maximum Gasteiger partial charge on any atom is 0.261 e. The Kier molecular flexibility index (Phi) is 6.93. The van der Waals surface area contributed by atoms with Crippen molar-refractivity contribution >= 4 is 22.8 Å². The van der Waals surface area contributed by atoms with Crippen molar-refractivity contribution in [2.75, 3.05) is 6.61 Å². The second kappa shape index (κ2) is 10.2. The van der Waals surface area contributed by atoms with E-state index in [4.69, 9.17) is 21.3 Å². The molecule has 196 valence electrons. The van der Waals surface area contributed by atoms with Crippen LogP contribution in [0.3, 0.4) is 0 Å². The zero-order valence-electron chi connectivity index (χ0n) is 20.4. The SMILES string of the molecule is Cc1nc2c(-c3ccc(Cl)cc3F)nc(C3=CC(c4ccc(=O)n(CC(F)F)c4)OCC3)cn2c(=O)c1C. The molecule has 0 saturated heterocycles. The summed E-state index contributed by atoms with van der Waals surface area (Å²) >= 11 is 5.95. The van der Waals surface area contributed by atoms with Crippen LogP contribution >= 0.6 is 11.6 Å². The van der Waals surface area contributed by atoms with Crippen molar-refractivity contribution in [3.63, 3.8) is 0 Å². The van der Waals surface area contributed by atoms with Crippen LogP contribution in [0.4, 0.5) is 13.2 Å². The number of aromatic nitrogens is 4. The topological polar surface area (TPSA) is 78.5 Å². The molecular weight excluding hydrogens is 521 g/mol. The number of nitrogens with zero attached hydrogens (tertiary/aromatic N) is 4. The minimum Gasteiger partial charge on any atom is -0.369 e. The quantitative estimate of drug-likeness (QED) is 0.349. The van der Waals surface area contributed by atoms with Gasteiger partial charge in [-0.05, 0) is 56.2 Å². The van der Waals surface area contributed by atoms with Gasteiger partial charge in [-0.2, -0.15) is 0 Å². The molecule has 1 atom stereocenters. The Balaban J connectivity index is 1.68. The summed E-state index contributed by atoms with van der Waals surface area (Å²) in [6, 6.07) is 6.92. The lowest BCUT2D eigenvalue weighted by Gasteiger charge is -2.23. The summed E-state index contributed by atoms with van der Waals surface area (Å²) in [6.45, 7) is 2.91. The van der Waals surface area contributed by atoms with E-state index in [0.717, 1.165) is 4.57 Å². The van der Waals surface area contributed by atoms with E-state index in [-0.39, 0.29) is 34.1 Å². The molecule has 1 aliphatic rings. The van der Waals surface area contributed by atoms with Crippen molar-refractivity contribution in [1.82, 2.24) is 18.9 Å². The lowest BCUT2D eigenvalue weighted by molar-refractivity contribution is 0.0814. The Morgan fingerprint density at radius 3 is 2.66 bits per heavy atom. The van der Waals surface area contributed by atoms with Crippen LogP contribution in [0.15, 0.2) is 58.4 Å². The zero-order chi connectivity index (χ0) is 27.1. The van der Waals surface area contributed by atoms with Gasteiger partial charge in [-0.15, -0.1) is 0 Å². The molecule has 0 amide bonds. The minimum atomic E-state index is -2.69. The summed E-state index contributed by atoms with van der Waals surface area (Å²) < 4.78 is 49.0. The first-order chi connectivity index (χ1) is 18.1. The van der Waals surface area contributed by atoms with Crippen LogP contribution < -0.4 is 11.1 Å². The van der Waals surface area contributed by atoms with E-state index in [1.54, 1.807) is 26.1 Å². The smallest absolute Gasteiger partial charge is 0.261 e. The minimum absolute atomic E-state index is 0.132. The monoisotopic (exact) mass is 542 g/mol. The van der Waals surface area contributed by atoms with Crippen LogP contribution in [0, 0.1) is 19.7 Å². The van der Waals surface area contributed by atoms with Crippen molar-refractivity contribution in [1.29, 1.82) is 0 Å². The number of ether oxygens (including phenoxy) is 1. The second-order valence-electron chi connectivity index (χ2n) is 9.00. The fraction of sp³-hybridized carbons (Fsp3) is 0.259. The summed E-state index contributed by atoms with van der Waals surface area (Å²) in [6.07, 6.45) is 1.76. The predicted octanol–water partition coefficient (Wildman–Crippen LogP) is 5.14. The van der Waals surface area contributed by atoms with Gasteiger partial charge in [0.2, 0.25) is 0 Å². The van der Waals surface area contributed by atoms with Crippen LogP contribution in [-0.2, 0) is 11.3 Å². The Morgan fingerprint density at radius 2 is 1.92 bits per heavy atom. The second-order valence-corrected chi connectivity index (χ2v) is 9.43. The number of aryl methyl sites for hydroxylation is 1. The fourth-order valence-corrected chi connectivity index (χ4v) is 4.54. The van der Waals surface area contributed by atoms with Crippen molar-refractivity contribution in [2.45, 2.75) is 39.3 Å². The van der Waals surface area contributed by atoms with Crippen LogP contribution in [0.2, 0.25) is 5.02 Å². The standard InChI is InChI=1S/C27H22ClF3N4O3/c1-14-15(2)32-26-25(19-5-4-18(28)10-20(19)29)33-21(12-35(26)27(14)37)16-7-8-38-22(9-16)17-3-6-24(36)34(11-17)13-23(30)31/h3-6,9-12,22-23H,7-8,13H2,1-2H3. The molecule has 0 bridgehead atoms. The van der Waals surface area contributed by atoms with Crippen LogP contribution in [0.5, 0.6) is 0 Å². The highest BCUT2D eigenvalue weighted by molar-refractivity contribution is 6.30. The zero-order valence-corrected chi connectivity index (χ0v) is 21.2. The maximum absolute atomic E-state index is 15.0. The van der Waals surface area contributed by atoms with Gasteiger partial charge >= 0.3 is 0 Å². The summed E-state index contributed by atoms with van der Waals surface area (Å²) in [5.74, 6) is -0.614. The van der Waals surface area contributed by atoms with Gasteiger partial charge in [0.15, 0.2) is 5.65 Å². The summed E-state index contributed by atoms with van der Waals surface area (Å²) in [5.41, 5.74) is 2.22. The molecule has 0 radical (unpaired) electrons. The van der Waals surface area contributed by atoms with Gasteiger partial charge in [0.1, 0.15) is 17.6 Å². The van der Waals surface area contributed by atoms with Crippen molar-refractivity contribution in [3.05, 3.63) is 103 Å². The highest BCUT2D eigenvalue weighted by Crippen LogP contribution is 2.33. The molecule has 1 aliphatic heterocycles. The predicted molar refractivity (Wildman–Crippen MR) is 137 cm³/mol. The molecule has 38 heavy (non-hydrogen) atoms. The van der Waals surface area contributed by atoms with Gasteiger partial charge < -0.3 is 9.30 Å². The van der Waals surface area contributed by atoms with Gasteiger partial charge in [-0.3, -0.25) is 14.0 Å². The highest BCUT2D eigenvalue weighted by Gasteiger charge is 2.22. The average Bonchev–Trinajstić information content (AvgIpc) is 2.88. The number of hydrogen-bond donors (Lipinski definition) is 0. The van der Waals surface area contributed by atoms with E-state index in [1.165, 1.54) is 40.9 Å². The molecule has 0 saturated carbocycles. The lowest BCUT2D eigenvalue weighted by Crippen LogP contribution is -2.24. The molecular formula is C27H22ClF3N4O3. The first kappa shape index (κ1) is 25.9. The lowest BCUT2D eigenvalue weighted by atomic mass is 10.0. The van der Waals surface area contributed by atoms with E-state index in [2.05, 4.69) is 4.98 Å². The molecule has 0 aliphatic carbocycles. The van der Waals surface area contributed by atoms with Gasteiger partial charge in [0, 0.05) is 45.9 Å². The number of halogens is 4. The first-order valence-electron chi connectivity index (χ1n) is 11.8. The molecule has 5 rings (SSSR count). The summed E-state index contributed by atoms with van der Waals surface area (Å²) in [5, 5.41) is 0.215. The molecule has 1 aromatic carbocycles. The summed E-state index contributed by atoms with van der Waals surface area (Å²) in [7, 11) is 0. The van der Waals surface area contributed by atoms with Crippen LogP contribution in [0.25, 0.3) is 22.5 Å². The fourth-order valence-electron chi connectivity index (χ4n) is 4.38. The van der Waals surface area contributed by atoms with E-state index < -0.39 is 30.5 Å². The Bertz CT molecular complexity index is 1710. The van der Waals surface area contributed by atoms with E-state index in [0.29, 0.717) is 34.5 Å². The van der Waals surface area contributed by atoms with Crippen molar-refractivity contribution in [2.24, 2.45) is 0 Å². The molecule has 0 fully saturated rings. The van der Waals surface area contributed by atoms with Gasteiger partial charge in [-0.1, -0.05) is 11.6 Å². The molecule has 4 aromatic rings. The third-order valence-electron chi connectivity index (χ3n) is 6.49. The normalized spacial score (nSPS) is 15.8. The molecule has 7 nitrogen and oxygen atoms in total. The number of rotatable bonds is 5. The molecule has 11 heteroatoms. The average molecular weight is 543 g/mol. The summed E-state index contributed by atoms with van der Waals surface area (Å²) in [4.78, 5) is 34.4. The Morgan fingerprint density at radius 1 is 1.13 bits per heavy atom. The van der Waals surface area contributed by atoms with E-state index >= 15 is 4.39 Å².